The molecule has 1 heterocycles. The molecule has 0 N–H and O–H groups in total. The van der Waals surface area contributed by atoms with E-state index in [1.165, 1.54) is 0 Å². The number of ether oxygens (including phenoxy) is 6. The number of carbonyl (C=O) groups excluding carboxylic acids is 5. The van der Waals surface area contributed by atoms with Crippen LogP contribution in [-0.2, 0) is 61.5 Å². The maximum atomic E-state index is 11.7. The summed E-state index contributed by atoms with van der Waals surface area (Å²) in [5, 5.41) is 0. The lowest BCUT2D eigenvalue weighted by Crippen LogP contribution is -2.65. The Hall–Kier alpha value is -2.58. The molecule has 0 aliphatic carbocycles. The quantitative estimate of drug-likeness (QED) is 0.188. The first-order chi connectivity index (χ1) is 15.1. The number of esters is 5. The molecule has 1 fully saturated rings. The minimum Gasteiger partial charge on any atom is -0.790 e. The van der Waals surface area contributed by atoms with Gasteiger partial charge in [-0.05, 0) is 0 Å². The Morgan fingerprint density at radius 3 is 1.70 bits per heavy atom. The normalized spacial score (nSPS) is 25.8. The van der Waals surface area contributed by atoms with Gasteiger partial charge in [0.2, 0.25) is 6.29 Å². The highest BCUT2D eigenvalue weighted by Gasteiger charge is 2.55. The number of hydrogen-bond acceptors (Lipinski definition) is 15. The molecule has 1 rings (SSSR count). The Kier molecular flexibility index (Phi) is 10.4. The maximum absolute atomic E-state index is 11.7. The van der Waals surface area contributed by atoms with Crippen LogP contribution in [0.5, 0.6) is 0 Å². The van der Waals surface area contributed by atoms with Gasteiger partial charge in [0.25, 0.3) is 0 Å². The Morgan fingerprint density at radius 2 is 1.27 bits per heavy atom. The van der Waals surface area contributed by atoms with Crippen molar-refractivity contribution in [1.29, 1.82) is 0 Å². The Morgan fingerprint density at radius 1 is 0.788 bits per heavy atom. The average Bonchev–Trinajstić information content (AvgIpc) is 2.60. The molecule has 188 valence electrons. The van der Waals surface area contributed by atoms with Gasteiger partial charge in [-0.25, -0.2) is 0 Å². The van der Waals surface area contributed by atoms with Crippen molar-refractivity contribution in [2.24, 2.45) is 0 Å². The number of phosphoric ester groups is 1. The zero-order valence-corrected chi connectivity index (χ0v) is 19.1. The van der Waals surface area contributed by atoms with Gasteiger partial charge in [0.1, 0.15) is 12.7 Å². The lowest BCUT2D eigenvalue weighted by Gasteiger charge is -2.47. The van der Waals surface area contributed by atoms with Crippen molar-refractivity contribution in [3.05, 3.63) is 0 Å². The zero-order chi connectivity index (χ0) is 25.5. The summed E-state index contributed by atoms with van der Waals surface area (Å²) < 4.78 is 46.0. The predicted octanol–water partition coefficient (Wildman–Crippen LogP) is -2.15. The first kappa shape index (κ1) is 28.5. The zero-order valence-electron chi connectivity index (χ0n) is 18.2. The Labute approximate surface area is 187 Å². The first-order valence-corrected chi connectivity index (χ1v) is 10.7. The fraction of sp³-hybridized carbons (Fsp3) is 0.706. The number of hydrogen-bond donors (Lipinski definition) is 0. The molecule has 1 saturated heterocycles. The monoisotopic (exact) mass is 498 g/mol. The van der Waals surface area contributed by atoms with Gasteiger partial charge < -0.3 is 47.3 Å². The van der Waals surface area contributed by atoms with Gasteiger partial charge in [-0.15, -0.1) is 0 Å². The van der Waals surface area contributed by atoms with Crippen LogP contribution in [0.25, 0.3) is 0 Å². The van der Waals surface area contributed by atoms with Crippen molar-refractivity contribution in [2.75, 3.05) is 6.61 Å². The number of phosphoric acid groups is 1. The molecule has 0 radical (unpaired) electrons. The molecule has 0 bridgehead atoms. The third-order valence-electron chi connectivity index (χ3n) is 3.80. The molecular weight excluding hydrogens is 475 g/mol. The molecule has 16 heteroatoms. The minimum absolute atomic E-state index is 0.679. The topological polar surface area (TPSA) is 213 Å². The molecule has 33 heavy (non-hydrogen) atoms. The summed E-state index contributed by atoms with van der Waals surface area (Å²) in [5.74, 6) is -4.71. The lowest BCUT2D eigenvalue weighted by molar-refractivity contribution is -0.371. The molecule has 1 aliphatic heterocycles. The van der Waals surface area contributed by atoms with Crippen LogP contribution in [0.2, 0.25) is 0 Å². The van der Waals surface area contributed by atoms with Crippen LogP contribution in [0.3, 0.4) is 0 Å². The van der Waals surface area contributed by atoms with Crippen molar-refractivity contribution in [3.8, 4) is 0 Å². The van der Waals surface area contributed by atoms with Crippen LogP contribution >= 0.6 is 7.82 Å². The SMILES string of the molecule is CC(=O)OC[C@@H](OC(C)=O)C1O[C@@H](OP(=O)([O-])[O-])C(OC(C)=O)C(OC(C)=O)[C@@H]1OC(C)=O. The van der Waals surface area contributed by atoms with Crippen molar-refractivity contribution >= 4 is 37.7 Å². The second-order valence-corrected chi connectivity index (χ2v) is 7.80. The largest absolute Gasteiger partial charge is 0.790 e. The van der Waals surface area contributed by atoms with E-state index in [-0.39, 0.29) is 0 Å². The van der Waals surface area contributed by atoms with E-state index in [0.29, 0.717) is 0 Å². The predicted molar refractivity (Wildman–Crippen MR) is 96.2 cm³/mol. The summed E-state index contributed by atoms with van der Waals surface area (Å²) >= 11 is 0. The molecule has 0 aromatic rings. The van der Waals surface area contributed by atoms with E-state index in [9.17, 15) is 38.3 Å². The molecule has 0 amide bonds. The molecular formula is C17H23O15P-2. The van der Waals surface area contributed by atoms with E-state index in [0.717, 1.165) is 34.6 Å². The lowest BCUT2D eigenvalue weighted by atomic mass is 9.94. The summed E-state index contributed by atoms with van der Waals surface area (Å²) in [6.45, 7) is 4.14. The molecule has 0 spiro atoms. The van der Waals surface area contributed by atoms with E-state index in [4.69, 9.17) is 28.4 Å². The van der Waals surface area contributed by atoms with Crippen LogP contribution in [0.4, 0.5) is 0 Å². The molecule has 0 saturated carbocycles. The summed E-state index contributed by atoms with van der Waals surface area (Å²) in [5.41, 5.74) is 0. The fourth-order valence-electron chi connectivity index (χ4n) is 2.92. The maximum Gasteiger partial charge on any atom is 0.303 e. The highest BCUT2D eigenvalue weighted by molar-refractivity contribution is 7.43. The molecule has 0 aromatic carbocycles. The summed E-state index contributed by atoms with van der Waals surface area (Å²) in [7, 11) is -5.80. The third kappa shape index (κ3) is 9.84. The van der Waals surface area contributed by atoms with Gasteiger partial charge in [0.05, 0.1) is 7.82 Å². The highest BCUT2D eigenvalue weighted by atomic mass is 31.2. The summed E-state index contributed by atoms with van der Waals surface area (Å²) in [6, 6.07) is 0. The average molecular weight is 498 g/mol. The van der Waals surface area contributed by atoms with E-state index in [1.807, 2.05) is 0 Å². The van der Waals surface area contributed by atoms with Gasteiger partial charge >= 0.3 is 29.8 Å². The first-order valence-electron chi connectivity index (χ1n) is 9.29. The van der Waals surface area contributed by atoms with Gasteiger partial charge in [0, 0.05) is 34.6 Å². The van der Waals surface area contributed by atoms with E-state index in [1.54, 1.807) is 0 Å². The Bertz CT molecular complexity index is 804. The van der Waals surface area contributed by atoms with Crippen molar-refractivity contribution in [3.63, 3.8) is 0 Å². The molecule has 3 unspecified atom stereocenters. The second kappa shape index (κ2) is 12.0. The van der Waals surface area contributed by atoms with Crippen LogP contribution in [0.15, 0.2) is 0 Å². The number of rotatable bonds is 9. The molecule has 15 nitrogen and oxygen atoms in total. The van der Waals surface area contributed by atoms with Gasteiger partial charge in [-0.1, -0.05) is 0 Å². The van der Waals surface area contributed by atoms with Crippen molar-refractivity contribution < 1.29 is 71.3 Å². The second-order valence-electron chi connectivity index (χ2n) is 6.69. The van der Waals surface area contributed by atoms with Crippen LogP contribution in [0, 0.1) is 0 Å². The standard InChI is InChI=1S/C17H25O15P/c1-7(18)26-6-12(27-8(2)19)13-14(28-9(3)20)15(29-10(4)21)16(30-11(5)22)17(31-13)32-33(23,24)25/h12-17H,6H2,1-5H3,(H2,23,24,25)/p-2/t12-,13?,14-,15?,16?,17+/m1/s1. The van der Waals surface area contributed by atoms with E-state index < -0.39 is 81.1 Å². The number of carbonyl (C=O) groups is 5. The van der Waals surface area contributed by atoms with E-state index >= 15 is 0 Å². The smallest absolute Gasteiger partial charge is 0.303 e. The van der Waals surface area contributed by atoms with E-state index in [2.05, 4.69) is 4.52 Å². The summed E-state index contributed by atoms with van der Waals surface area (Å²) in [6.07, 6.45) is -10.9. The van der Waals surface area contributed by atoms with Crippen LogP contribution in [0.1, 0.15) is 34.6 Å². The highest BCUT2D eigenvalue weighted by Crippen LogP contribution is 2.38. The summed E-state index contributed by atoms with van der Waals surface area (Å²) in [4.78, 5) is 80.4. The van der Waals surface area contributed by atoms with Crippen LogP contribution < -0.4 is 9.79 Å². The molecule has 0 aromatic heterocycles. The van der Waals surface area contributed by atoms with Crippen LogP contribution in [-0.4, -0.2) is 73.3 Å². The fourth-order valence-corrected chi connectivity index (χ4v) is 3.35. The van der Waals surface area contributed by atoms with Gasteiger partial charge in [-0.3, -0.25) is 24.0 Å². The Balaban J connectivity index is 3.58. The molecule has 1 aliphatic rings. The minimum atomic E-state index is -5.80. The third-order valence-corrected chi connectivity index (χ3v) is 4.27. The molecule has 6 atom stereocenters. The van der Waals surface area contributed by atoms with Gasteiger partial charge in [0.15, 0.2) is 24.4 Å². The van der Waals surface area contributed by atoms with Gasteiger partial charge in [-0.2, -0.15) is 0 Å². The van der Waals surface area contributed by atoms with Crippen molar-refractivity contribution in [1.82, 2.24) is 0 Å². The van der Waals surface area contributed by atoms with Crippen molar-refractivity contribution in [2.45, 2.75) is 71.4 Å².